The van der Waals surface area contributed by atoms with Crippen LogP contribution in [0, 0.1) is 5.92 Å². The molecule has 1 unspecified atom stereocenters. The van der Waals surface area contributed by atoms with Gasteiger partial charge in [0, 0.05) is 25.7 Å². The summed E-state index contributed by atoms with van der Waals surface area (Å²) in [5.74, 6) is 0.869. The highest BCUT2D eigenvalue weighted by Gasteiger charge is 2.38. The molecule has 108 valence electrons. The maximum Gasteiger partial charge on any atom is 0.0670 e. The first-order valence-corrected chi connectivity index (χ1v) is 7.56. The van der Waals surface area contributed by atoms with Gasteiger partial charge in [-0.15, -0.1) is 0 Å². The Bertz CT molecular complexity index is 225. The average Bonchev–Trinajstić information content (AvgIpc) is 2.39. The second-order valence-electron chi connectivity index (χ2n) is 6.10. The van der Waals surface area contributed by atoms with E-state index in [9.17, 15) is 0 Å². The molecular weight excluding hydrogens is 224 g/mol. The third kappa shape index (κ3) is 3.94. The lowest BCUT2D eigenvalue weighted by Crippen LogP contribution is -2.57. The van der Waals surface area contributed by atoms with Gasteiger partial charge in [-0.05, 0) is 51.5 Å². The van der Waals surface area contributed by atoms with Crippen LogP contribution in [0.25, 0.3) is 0 Å². The second-order valence-corrected chi connectivity index (χ2v) is 6.10. The maximum absolute atomic E-state index is 6.15. The van der Waals surface area contributed by atoms with Crippen molar-refractivity contribution in [3.05, 3.63) is 0 Å². The Morgan fingerprint density at radius 3 is 2.44 bits per heavy atom. The fraction of sp³-hybridized carbons (Fsp3) is 1.00. The normalized spacial score (nSPS) is 30.7. The molecule has 1 rings (SSSR count). The summed E-state index contributed by atoms with van der Waals surface area (Å²) in [6.45, 7) is 9.70. The van der Waals surface area contributed by atoms with Crippen molar-refractivity contribution in [2.24, 2.45) is 11.7 Å². The molecule has 0 amide bonds. The van der Waals surface area contributed by atoms with E-state index < -0.39 is 0 Å². The highest BCUT2D eigenvalue weighted by atomic mass is 16.5. The smallest absolute Gasteiger partial charge is 0.0670 e. The Morgan fingerprint density at radius 2 is 2.00 bits per heavy atom. The van der Waals surface area contributed by atoms with E-state index in [1.807, 2.05) is 0 Å². The van der Waals surface area contributed by atoms with Crippen molar-refractivity contribution < 1.29 is 4.74 Å². The number of methoxy groups -OCH3 is 1. The first-order valence-electron chi connectivity index (χ1n) is 7.56. The zero-order valence-corrected chi connectivity index (χ0v) is 12.7. The highest BCUT2D eigenvalue weighted by molar-refractivity contribution is 4.95. The van der Waals surface area contributed by atoms with E-state index in [4.69, 9.17) is 10.5 Å². The molecule has 0 radical (unpaired) electrons. The molecule has 0 aromatic rings. The second kappa shape index (κ2) is 7.46. The number of nitrogens with zero attached hydrogens (tertiary/aromatic N) is 1. The average molecular weight is 256 g/mol. The van der Waals surface area contributed by atoms with Crippen LogP contribution in [-0.2, 0) is 4.74 Å². The Morgan fingerprint density at radius 1 is 1.39 bits per heavy atom. The van der Waals surface area contributed by atoms with E-state index in [2.05, 4.69) is 25.7 Å². The predicted octanol–water partition coefficient (Wildman–Crippen LogP) is 2.64. The zero-order chi connectivity index (χ0) is 13.6. The Kier molecular flexibility index (Phi) is 6.61. The molecule has 1 atom stereocenters. The van der Waals surface area contributed by atoms with Gasteiger partial charge in [0.1, 0.15) is 0 Å². The molecular formula is C15H32N2O. The molecule has 0 bridgehead atoms. The number of nitrogens with two attached hydrogens (primary N) is 1. The standard InChI is InChI=1S/C15H32N2O/c1-5-10-17(11-14(3)18-4)15(12-16)8-6-13(2)7-9-15/h13-14H,5-12,16H2,1-4H3. The lowest BCUT2D eigenvalue weighted by Gasteiger charge is -2.48. The van der Waals surface area contributed by atoms with Crippen LogP contribution in [-0.4, -0.2) is 43.3 Å². The molecule has 1 aliphatic carbocycles. The van der Waals surface area contributed by atoms with Gasteiger partial charge in [0.15, 0.2) is 0 Å². The monoisotopic (exact) mass is 256 g/mol. The molecule has 0 aliphatic heterocycles. The summed E-state index contributed by atoms with van der Waals surface area (Å²) in [5, 5.41) is 0. The molecule has 3 heteroatoms. The van der Waals surface area contributed by atoms with Gasteiger partial charge in [-0.2, -0.15) is 0 Å². The van der Waals surface area contributed by atoms with Crippen LogP contribution in [0.2, 0.25) is 0 Å². The van der Waals surface area contributed by atoms with E-state index >= 15 is 0 Å². The summed E-state index contributed by atoms with van der Waals surface area (Å²) in [7, 11) is 1.80. The summed E-state index contributed by atoms with van der Waals surface area (Å²) in [5.41, 5.74) is 6.38. The molecule has 0 spiro atoms. The topological polar surface area (TPSA) is 38.5 Å². The molecule has 0 aromatic heterocycles. The molecule has 3 nitrogen and oxygen atoms in total. The van der Waals surface area contributed by atoms with Gasteiger partial charge in [-0.1, -0.05) is 13.8 Å². The van der Waals surface area contributed by atoms with Crippen molar-refractivity contribution >= 4 is 0 Å². The minimum absolute atomic E-state index is 0.231. The van der Waals surface area contributed by atoms with Crippen LogP contribution >= 0.6 is 0 Å². The molecule has 1 fully saturated rings. The summed E-state index contributed by atoms with van der Waals surface area (Å²) in [6.07, 6.45) is 6.62. The maximum atomic E-state index is 6.15. The van der Waals surface area contributed by atoms with Gasteiger partial charge in [-0.3, -0.25) is 4.90 Å². The number of rotatable bonds is 7. The Balaban J connectivity index is 2.72. The largest absolute Gasteiger partial charge is 0.380 e. The van der Waals surface area contributed by atoms with Crippen molar-refractivity contribution in [3.8, 4) is 0 Å². The van der Waals surface area contributed by atoms with E-state index in [1.54, 1.807) is 7.11 Å². The molecule has 0 heterocycles. The van der Waals surface area contributed by atoms with E-state index in [1.165, 1.54) is 32.1 Å². The number of hydrogen-bond donors (Lipinski definition) is 1. The van der Waals surface area contributed by atoms with Gasteiger partial charge >= 0.3 is 0 Å². The number of ether oxygens (including phenoxy) is 1. The van der Waals surface area contributed by atoms with Gasteiger partial charge in [0.2, 0.25) is 0 Å². The molecule has 2 N–H and O–H groups in total. The quantitative estimate of drug-likeness (QED) is 0.761. The summed E-state index contributed by atoms with van der Waals surface area (Å²) < 4.78 is 5.45. The molecule has 18 heavy (non-hydrogen) atoms. The molecule has 0 aromatic carbocycles. The van der Waals surface area contributed by atoms with Crippen LogP contribution in [0.3, 0.4) is 0 Å². The SMILES string of the molecule is CCCN(CC(C)OC)C1(CN)CCC(C)CC1. The molecule has 1 aliphatic rings. The highest BCUT2D eigenvalue weighted by Crippen LogP contribution is 2.36. The summed E-state index contributed by atoms with van der Waals surface area (Å²) in [6, 6.07) is 0. The molecule has 1 saturated carbocycles. The lowest BCUT2D eigenvalue weighted by molar-refractivity contribution is -0.00184. The van der Waals surface area contributed by atoms with Crippen LogP contribution in [0.4, 0.5) is 0 Å². The first kappa shape index (κ1) is 15.9. The minimum atomic E-state index is 0.231. The van der Waals surface area contributed by atoms with Crippen molar-refractivity contribution in [1.82, 2.24) is 4.90 Å². The fourth-order valence-corrected chi connectivity index (χ4v) is 3.13. The summed E-state index contributed by atoms with van der Waals surface area (Å²) in [4.78, 5) is 2.60. The van der Waals surface area contributed by atoms with Crippen LogP contribution in [0.1, 0.15) is 52.9 Å². The van der Waals surface area contributed by atoms with Crippen LogP contribution in [0.15, 0.2) is 0 Å². The van der Waals surface area contributed by atoms with E-state index in [0.29, 0.717) is 6.10 Å². The minimum Gasteiger partial charge on any atom is -0.380 e. The van der Waals surface area contributed by atoms with Crippen molar-refractivity contribution in [2.75, 3.05) is 26.7 Å². The van der Waals surface area contributed by atoms with Crippen LogP contribution < -0.4 is 5.73 Å². The van der Waals surface area contributed by atoms with Gasteiger partial charge in [-0.25, -0.2) is 0 Å². The summed E-state index contributed by atoms with van der Waals surface area (Å²) >= 11 is 0. The fourth-order valence-electron chi connectivity index (χ4n) is 3.13. The van der Waals surface area contributed by atoms with Crippen molar-refractivity contribution in [2.45, 2.75) is 64.5 Å². The van der Waals surface area contributed by atoms with Gasteiger partial charge in [0.25, 0.3) is 0 Å². The Labute approximate surface area is 113 Å². The van der Waals surface area contributed by atoms with E-state index in [0.717, 1.165) is 25.6 Å². The third-order valence-electron chi connectivity index (χ3n) is 4.63. The molecule has 0 saturated heterocycles. The third-order valence-corrected chi connectivity index (χ3v) is 4.63. The van der Waals surface area contributed by atoms with Gasteiger partial charge in [0.05, 0.1) is 6.10 Å². The van der Waals surface area contributed by atoms with Crippen LogP contribution in [0.5, 0.6) is 0 Å². The first-order chi connectivity index (χ1) is 8.57. The van der Waals surface area contributed by atoms with E-state index in [-0.39, 0.29) is 5.54 Å². The zero-order valence-electron chi connectivity index (χ0n) is 12.7. The van der Waals surface area contributed by atoms with Gasteiger partial charge < -0.3 is 10.5 Å². The Hall–Kier alpha value is -0.120. The predicted molar refractivity (Wildman–Crippen MR) is 77.8 cm³/mol. The number of hydrogen-bond acceptors (Lipinski definition) is 3. The van der Waals surface area contributed by atoms with Crippen molar-refractivity contribution in [1.29, 1.82) is 0 Å². The van der Waals surface area contributed by atoms with Crippen molar-refractivity contribution in [3.63, 3.8) is 0 Å². The lowest BCUT2D eigenvalue weighted by atomic mass is 9.75.